The van der Waals surface area contributed by atoms with Gasteiger partial charge < -0.3 is 9.64 Å². The van der Waals surface area contributed by atoms with Crippen molar-refractivity contribution in [2.24, 2.45) is 5.92 Å². The Morgan fingerprint density at radius 3 is 2.33 bits per heavy atom. The van der Waals surface area contributed by atoms with Gasteiger partial charge in [-0.1, -0.05) is 12.5 Å². The van der Waals surface area contributed by atoms with E-state index in [0.717, 1.165) is 5.57 Å². The molecule has 4 heteroatoms. The Bertz CT molecular complexity index is 267. The van der Waals surface area contributed by atoms with E-state index in [2.05, 4.69) is 4.74 Å². The number of amides is 1. The minimum atomic E-state index is -0.299. The van der Waals surface area contributed by atoms with Crippen molar-refractivity contribution in [2.75, 3.05) is 20.7 Å². The molecule has 1 unspecified atom stereocenters. The predicted octanol–water partition coefficient (Wildman–Crippen LogP) is 1.22. The molecule has 0 aromatic rings. The molecule has 1 amide bonds. The topological polar surface area (TPSA) is 46.6 Å². The van der Waals surface area contributed by atoms with E-state index in [9.17, 15) is 9.59 Å². The summed E-state index contributed by atoms with van der Waals surface area (Å²) in [6.07, 6.45) is 1.55. The van der Waals surface area contributed by atoms with Crippen molar-refractivity contribution < 1.29 is 14.3 Å². The Balaban J connectivity index is 4.25. The first kappa shape index (κ1) is 13.7. The highest BCUT2D eigenvalue weighted by Gasteiger charge is 2.17. The van der Waals surface area contributed by atoms with Gasteiger partial charge in [-0.2, -0.15) is 0 Å². The van der Waals surface area contributed by atoms with Gasteiger partial charge in [0.2, 0.25) is 5.91 Å². The normalized spacial score (nSPS) is 11.5. The number of hydrogen-bond donors (Lipinski definition) is 0. The largest absolute Gasteiger partial charge is 0.469 e. The fraction of sp³-hybridized carbons (Fsp3) is 0.636. The number of rotatable bonds is 4. The van der Waals surface area contributed by atoms with Crippen LogP contribution in [0.3, 0.4) is 0 Å². The van der Waals surface area contributed by atoms with Gasteiger partial charge >= 0.3 is 5.97 Å². The third-order valence-electron chi connectivity index (χ3n) is 1.94. The fourth-order valence-electron chi connectivity index (χ4n) is 1.13. The van der Waals surface area contributed by atoms with Crippen LogP contribution in [0.2, 0.25) is 0 Å². The van der Waals surface area contributed by atoms with E-state index >= 15 is 0 Å². The molecule has 0 aliphatic carbocycles. The Labute approximate surface area is 90.9 Å². The molecule has 4 nitrogen and oxygen atoms in total. The summed E-state index contributed by atoms with van der Waals surface area (Å²) in [4.78, 5) is 24.1. The number of hydrogen-bond acceptors (Lipinski definition) is 3. The third-order valence-corrected chi connectivity index (χ3v) is 1.94. The Kier molecular flexibility index (Phi) is 5.67. The van der Waals surface area contributed by atoms with Crippen molar-refractivity contribution in [1.82, 2.24) is 4.90 Å². The van der Waals surface area contributed by atoms with Gasteiger partial charge in [-0.15, -0.1) is 0 Å². The Morgan fingerprint density at radius 2 is 1.93 bits per heavy atom. The summed E-state index contributed by atoms with van der Waals surface area (Å²) in [5, 5.41) is 0. The quantitative estimate of drug-likeness (QED) is 0.521. The Hall–Kier alpha value is -1.32. The number of allylic oxidation sites excluding steroid dienone is 1. The molecular weight excluding hydrogens is 194 g/mol. The number of esters is 1. The maximum absolute atomic E-state index is 11.5. The van der Waals surface area contributed by atoms with Crippen LogP contribution in [0, 0.1) is 5.92 Å². The van der Waals surface area contributed by atoms with E-state index in [1.807, 2.05) is 13.8 Å². The smallest absolute Gasteiger partial charge is 0.310 e. The lowest BCUT2D eigenvalue weighted by molar-refractivity contribution is -0.145. The SMILES string of the molecule is COC(=O)C(C)CN(C)C(=O)C=C(C)C. The molecule has 86 valence electrons. The second kappa shape index (κ2) is 6.22. The van der Waals surface area contributed by atoms with Crippen LogP contribution >= 0.6 is 0 Å². The van der Waals surface area contributed by atoms with Crippen LogP contribution in [0.1, 0.15) is 20.8 Å². The van der Waals surface area contributed by atoms with Crippen LogP contribution in [0.5, 0.6) is 0 Å². The summed E-state index contributed by atoms with van der Waals surface area (Å²) in [6.45, 7) is 5.82. The molecular formula is C11H19NO3. The van der Waals surface area contributed by atoms with Crippen molar-refractivity contribution >= 4 is 11.9 Å². The lowest BCUT2D eigenvalue weighted by atomic mass is 10.1. The fourth-order valence-corrected chi connectivity index (χ4v) is 1.13. The summed E-state index contributed by atoms with van der Waals surface area (Å²) in [5.41, 5.74) is 0.942. The minimum absolute atomic E-state index is 0.0919. The number of carbonyl (C=O) groups is 2. The summed E-state index contributed by atoms with van der Waals surface area (Å²) in [6, 6.07) is 0. The van der Waals surface area contributed by atoms with E-state index < -0.39 is 0 Å². The first-order valence-electron chi connectivity index (χ1n) is 4.86. The monoisotopic (exact) mass is 213 g/mol. The van der Waals surface area contributed by atoms with Gasteiger partial charge in [0.05, 0.1) is 13.0 Å². The van der Waals surface area contributed by atoms with Crippen molar-refractivity contribution in [3.05, 3.63) is 11.6 Å². The van der Waals surface area contributed by atoms with Gasteiger partial charge in [0.1, 0.15) is 0 Å². The average Bonchev–Trinajstić information content (AvgIpc) is 2.15. The van der Waals surface area contributed by atoms with Crippen molar-refractivity contribution in [2.45, 2.75) is 20.8 Å². The summed E-state index contributed by atoms with van der Waals surface area (Å²) >= 11 is 0. The molecule has 0 fully saturated rings. The number of methoxy groups -OCH3 is 1. The zero-order chi connectivity index (χ0) is 12.0. The molecule has 0 N–H and O–H groups in total. The summed E-state index contributed by atoms with van der Waals surface area (Å²) in [7, 11) is 3.01. The van der Waals surface area contributed by atoms with Crippen molar-refractivity contribution in [1.29, 1.82) is 0 Å². The molecule has 0 heterocycles. The maximum Gasteiger partial charge on any atom is 0.310 e. The molecule has 0 bridgehead atoms. The standard InChI is InChI=1S/C11H19NO3/c1-8(2)6-10(13)12(4)7-9(3)11(14)15-5/h6,9H,7H2,1-5H3. The highest BCUT2D eigenvalue weighted by atomic mass is 16.5. The maximum atomic E-state index is 11.5. The third kappa shape index (κ3) is 5.20. The van der Waals surface area contributed by atoms with Crippen LogP contribution in [0.25, 0.3) is 0 Å². The molecule has 1 atom stereocenters. The average molecular weight is 213 g/mol. The highest BCUT2D eigenvalue weighted by molar-refractivity contribution is 5.88. The van der Waals surface area contributed by atoms with E-state index in [0.29, 0.717) is 6.54 Å². The van der Waals surface area contributed by atoms with Crippen molar-refractivity contribution in [3.8, 4) is 0 Å². The van der Waals surface area contributed by atoms with Gasteiger partial charge in [0.25, 0.3) is 0 Å². The number of ether oxygens (including phenoxy) is 1. The molecule has 0 aliphatic rings. The summed E-state index contributed by atoms with van der Waals surface area (Å²) < 4.78 is 4.58. The molecule has 0 saturated heterocycles. The van der Waals surface area contributed by atoms with Gasteiger partial charge in [0.15, 0.2) is 0 Å². The van der Waals surface area contributed by atoms with Crippen molar-refractivity contribution in [3.63, 3.8) is 0 Å². The van der Waals surface area contributed by atoms with Crippen LogP contribution in [-0.2, 0) is 14.3 Å². The lowest BCUT2D eigenvalue weighted by Gasteiger charge is -2.18. The number of nitrogens with zero attached hydrogens (tertiary/aromatic N) is 1. The molecule has 0 aliphatic heterocycles. The van der Waals surface area contributed by atoms with Gasteiger partial charge in [0, 0.05) is 19.7 Å². The van der Waals surface area contributed by atoms with Crippen LogP contribution in [-0.4, -0.2) is 37.5 Å². The van der Waals surface area contributed by atoms with Crippen LogP contribution in [0.15, 0.2) is 11.6 Å². The molecule has 0 saturated carbocycles. The molecule has 0 aromatic heterocycles. The Morgan fingerprint density at radius 1 is 1.40 bits per heavy atom. The molecule has 0 spiro atoms. The number of likely N-dealkylation sites (N-methyl/N-ethyl adjacent to an activating group) is 1. The second-order valence-electron chi connectivity index (χ2n) is 3.86. The molecule has 0 radical (unpaired) electrons. The zero-order valence-corrected chi connectivity index (χ0v) is 10.0. The predicted molar refractivity (Wildman–Crippen MR) is 58.2 cm³/mol. The second-order valence-corrected chi connectivity index (χ2v) is 3.86. The van der Waals surface area contributed by atoms with E-state index in [-0.39, 0.29) is 17.8 Å². The zero-order valence-electron chi connectivity index (χ0n) is 10.0. The van der Waals surface area contributed by atoms with Crippen LogP contribution in [0.4, 0.5) is 0 Å². The molecule has 0 aromatic carbocycles. The van der Waals surface area contributed by atoms with E-state index in [1.54, 1.807) is 20.0 Å². The molecule has 0 rings (SSSR count). The van der Waals surface area contributed by atoms with Gasteiger partial charge in [-0.05, 0) is 13.8 Å². The first-order chi connectivity index (χ1) is 6.88. The first-order valence-corrected chi connectivity index (χ1v) is 4.86. The van der Waals surface area contributed by atoms with E-state index in [1.165, 1.54) is 12.0 Å². The molecule has 15 heavy (non-hydrogen) atoms. The highest BCUT2D eigenvalue weighted by Crippen LogP contribution is 2.02. The van der Waals surface area contributed by atoms with E-state index in [4.69, 9.17) is 0 Å². The number of carbonyl (C=O) groups excluding carboxylic acids is 2. The van der Waals surface area contributed by atoms with Gasteiger partial charge in [-0.3, -0.25) is 9.59 Å². The summed E-state index contributed by atoms with van der Waals surface area (Å²) in [5.74, 6) is -0.688. The lowest BCUT2D eigenvalue weighted by Crippen LogP contribution is -2.33. The van der Waals surface area contributed by atoms with Crippen LogP contribution < -0.4 is 0 Å². The van der Waals surface area contributed by atoms with Gasteiger partial charge in [-0.25, -0.2) is 0 Å². The minimum Gasteiger partial charge on any atom is -0.469 e.